The van der Waals surface area contributed by atoms with Crippen LogP contribution in [0.1, 0.15) is 30.6 Å². The van der Waals surface area contributed by atoms with Crippen molar-refractivity contribution in [2.45, 2.75) is 26.3 Å². The molecule has 17 heavy (non-hydrogen) atoms. The van der Waals surface area contributed by atoms with Crippen LogP contribution in [0.25, 0.3) is 0 Å². The Labute approximate surface area is 112 Å². The molecule has 0 aliphatic carbocycles. The van der Waals surface area contributed by atoms with Gasteiger partial charge in [0.05, 0.1) is 5.16 Å². The fourth-order valence-electron chi connectivity index (χ4n) is 1.54. The van der Waals surface area contributed by atoms with Crippen LogP contribution in [0.4, 0.5) is 0 Å². The van der Waals surface area contributed by atoms with Crippen molar-refractivity contribution < 1.29 is 4.79 Å². The van der Waals surface area contributed by atoms with Crippen molar-refractivity contribution in [1.29, 1.82) is 0 Å². The first-order chi connectivity index (χ1) is 8.04. The maximum atomic E-state index is 12.2. The molecule has 1 unspecified atom stereocenters. The van der Waals surface area contributed by atoms with Gasteiger partial charge in [0.25, 0.3) is 0 Å². The number of hydrogen-bond acceptors (Lipinski definition) is 3. The Morgan fingerprint density at radius 1 is 1.41 bits per heavy atom. The van der Waals surface area contributed by atoms with Crippen molar-refractivity contribution in [3.8, 4) is 0 Å². The molecule has 1 rings (SSSR count). The molecule has 0 spiro atoms. The minimum Gasteiger partial charge on any atom is -0.292 e. The van der Waals surface area contributed by atoms with Crippen LogP contribution in [0.2, 0.25) is 5.02 Å². The van der Waals surface area contributed by atoms with Crippen molar-refractivity contribution in [2.75, 3.05) is 0 Å². The molecule has 0 heterocycles. The highest BCUT2D eigenvalue weighted by molar-refractivity contribution is 7.78. The predicted molar refractivity (Wildman–Crippen MR) is 74.1 cm³/mol. The molecular weight excluding hydrogens is 254 g/mol. The molecule has 0 saturated carbocycles. The summed E-state index contributed by atoms with van der Waals surface area (Å²) in [7, 11) is 0. The van der Waals surface area contributed by atoms with Gasteiger partial charge in [-0.3, -0.25) is 4.79 Å². The summed E-state index contributed by atoms with van der Waals surface area (Å²) in [5.41, 5.74) is 0.606. The van der Waals surface area contributed by atoms with Gasteiger partial charge in [-0.15, -0.1) is 0 Å². The van der Waals surface area contributed by atoms with Gasteiger partial charge in [0, 0.05) is 10.6 Å². The Morgan fingerprint density at radius 2 is 2.00 bits per heavy atom. The Balaban J connectivity index is 2.91. The minimum atomic E-state index is -0.436. The van der Waals surface area contributed by atoms with Crippen LogP contribution < -0.4 is 0 Å². The quantitative estimate of drug-likeness (QED) is 0.458. The van der Waals surface area contributed by atoms with Gasteiger partial charge in [-0.2, -0.15) is 0 Å². The number of carbonyl (C=O) groups excluding carboxylic acids is 1. The maximum absolute atomic E-state index is 12.2. The van der Waals surface area contributed by atoms with E-state index in [1.165, 1.54) is 0 Å². The highest BCUT2D eigenvalue weighted by Crippen LogP contribution is 2.16. The van der Waals surface area contributed by atoms with E-state index in [4.69, 9.17) is 11.6 Å². The number of isothiocyanates is 1. The zero-order valence-electron chi connectivity index (χ0n) is 9.81. The van der Waals surface area contributed by atoms with Crippen LogP contribution in [0.3, 0.4) is 0 Å². The van der Waals surface area contributed by atoms with Crippen molar-refractivity contribution in [3.05, 3.63) is 34.9 Å². The first kappa shape index (κ1) is 14.0. The minimum absolute atomic E-state index is 0.0345. The standard InChI is InChI=1S/C13H14ClNOS/c1-9(2)7-12(15-8-17)13(16)10-3-5-11(14)6-4-10/h3-6,9,12H,7H2,1-2H3. The van der Waals surface area contributed by atoms with E-state index in [0.29, 0.717) is 22.9 Å². The molecule has 90 valence electrons. The van der Waals surface area contributed by atoms with Gasteiger partial charge in [-0.05, 0) is 48.8 Å². The average Bonchev–Trinajstić information content (AvgIpc) is 2.28. The predicted octanol–water partition coefficient (Wildman–Crippen LogP) is 4.04. The summed E-state index contributed by atoms with van der Waals surface area (Å²) in [5.74, 6) is 0.344. The van der Waals surface area contributed by atoms with Crippen LogP contribution in [0.5, 0.6) is 0 Å². The molecule has 1 atom stereocenters. The highest BCUT2D eigenvalue weighted by atomic mass is 35.5. The molecule has 0 N–H and O–H groups in total. The van der Waals surface area contributed by atoms with Crippen LogP contribution >= 0.6 is 23.8 Å². The van der Waals surface area contributed by atoms with Crippen LogP contribution in [0, 0.1) is 5.92 Å². The van der Waals surface area contributed by atoms with Gasteiger partial charge in [0.15, 0.2) is 5.78 Å². The van der Waals surface area contributed by atoms with Gasteiger partial charge in [0.1, 0.15) is 6.04 Å². The van der Waals surface area contributed by atoms with E-state index >= 15 is 0 Å². The number of rotatable bonds is 5. The summed E-state index contributed by atoms with van der Waals surface area (Å²) in [6, 6.07) is 6.37. The third-order valence-electron chi connectivity index (χ3n) is 2.33. The molecule has 0 aromatic heterocycles. The van der Waals surface area contributed by atoms with E-state index in [1.54, 1.807) is 24.3 Å². The molecule has 0 amide bonds. The van der Waals surface area contributed by atoms with Gasteiger partial charge in [-0.25, -0.2) is 4.99 Å². The van der Waals surface area contributed by atoms with E-state index in [0.717, 1.165) is 0 Å². The van der Waals surface area contributed by atoms with E-state index in [-0.39, 0.29) is 5.78 Å². The zero-order chi connectivity index (χ0) is 12.8. The average molecular weight is 268 g/mol. The fraction of sp³-hybridized carbons (Fsp3) is 0.385. The number of benzene rings is 1. The van der Waals surface area contributed by atoms with Crippen LogP contribution in [0.15, 0.2) is 29.3 Å². The lowest BCUT2D eigenvalue weighted by atomic mass is 9.96. The molecular formula is C13H14ClNOS. The van der Waals surface area contributed by atoms with Gasteiger partial charge < -0.3 is 0 Å². The third-order valence-corrected chi connectivity index (χ3v) is 2.69. The van der Waals surface area contributed by atoms with E-state index < -0.39 is 6.04 Å². The van der Waals surface area contributed by atoms with E-state index in [1.807, 2.05) is 13.8 Å². The fourth-order valence-corrected chi connectivity index (χ4v) is 1.79. The Kier molecular flexibility index (Phi) is 5.49. The number of hydrogen-bond donors (Lipinski definition) is 0. The largest absolute Gasteiger partial charge is 0.292 e. The maximum Gasteiger partial charge on any atom is 0.188 e. The Hall–Kier alpha value is -1.02. The molecule has 0 radical (unpaired) electrons. The monoisotopic (exact) mass is 267 g/mol. The molecule has 0 bridgehead atoms. The van der Waals surface area contributed by atoms with Crippen molar-refractivity contribution in [2.24, 2.45) is 10.9 Å². The topological polar surface area (TPSA) is 29.4 Å². The molecule has 0 saturated heterocycles. The normalized spacial score (nSPS) is 12.0. The van der Waals surface area contributed by atoms with Gasteiger partial charge >= 0.3 is 0 Å². The molecule has 1 aromatic rings. The summed E-state index contributed by atoms with van der Waals surface area (Å²) in [5, 5.41) is 2.91. The number of carbonyl (C=O) groups is 1. The number of aliphatic imine (C=N–C) groups is 1. The second-order valence-electron chi connectivity index (χ2n) is 4.24. The van der Waals surface area contributed by atoms with Crippen molar-refractivity contribution >= 4 is 34.8 Å². The molecule has 1 aromatic carbocycles. The van der Waals surface area contributed by atoms with Crippen LogP contribution in [-0.4, -0.2) is 17.0 Å². The second kappa shape index (κ2) is 6.65. The van der Waals surface area contributed by atoms with Gasteiger partial charge in [0.2, 0.25) is 0 Å². The number of Topliss-reactive ketones (excluding diaryl/α,β-unsaturated/α-hetero) is 1. The molecule has 2 nitrogen and oxygen atoms in total. The zero-order valence-corrected chi connectivity index (χ0v) is 11.4. The smallest absolute Gasteiger partial charge is 0.188 e. The van der Waals surface area contributed by atoms with Crippen molar-refractivity contribution in [1.82, 2.24) is 0 Å². The number of ketones is 1. The molecule has 0 aliphatic rings. The number of nitrogens with zero attached hydrogens (tertiary/aromatic N) is 1. The second-order valence-corrected chi connectivity index (χ2v) is 4.86. The van der Waals surface area contributed by atoms with E-state index in [9.17, 15) is 4.79 Å². The van der Waals surface area contributed by atoms with Crippen molar-refractivity contribution in [3.63, 3.8) is 0 Å². The Morgan fingerprint density at radius 3 is 2.47 bits per heavy atom. The number of halogens is 1. The first-order valence-electron chi connectivity index (χ1n) is 5.41. The summed E-state index contributed by atoms with van der Waals surface area (Å²) in [6.45, 7) is 4.09. The summed E-state index contributed by atoms with van der Waals surface area (Å²) in [4.78, 5) is 16.1. The van der Waals surface area contributed by atoms with Gasteiger partial charge in [-0.1, -0.05) is 25.4 Å². The molecule has 4 heteroatoms. The lowest BCUT2D eigenvalue weighted by Gasteiger charge is -2.12. The summed E-state index contributed by atoms with van der Waals surface area (Å²) >= 11 is 10.4. The summed E-state index contributed by atoms with van der Waals surface area (Å²) < 4.78 is 0. The lowest BCUT2D eigenvalue weighted by Crippen LogP contribution is -2.20. The first-order valence-corrected chi connectivity index (χ1v) is 6.20. The lowest BCUT2D eigenvalue weighted by molar-refractivity contribution is 0.0953. The molecule has 0 aliphatic heterocycles. The molecule has 0 fully saturated rings. The summed E-state index contributed by atoms with van der Waals surface area (Å²) in [6.07, 6.45) is 0.672. The third kappa shape index (κ3) is 4.39. The number of thiocarbonyl (C=S) groups is 1. The van der Waals surface area contributed by atoms with Crippen LogP contribution in [-0.2, 0) is 0 Å². The van der Waals surface area contributed by atoms with E-state index in [2.05, 4.69) is 22.4 Å². The Bertz CT molecular complexity index is 435. The SMILES string of the molecule is CC(C)CC(N=C=S)C(=O)c1ccc(Cl)cc1. The highest BCUT2D eigenvalue weighted by Gasteiger charge is 2.20.